The first-order chi connectivity index (χ1) is 15.7. The molecule has 0 aliphatic carbocycles. The van der Waals surface area contributed by atoms with Crippen LogP contribution >= 0.6 is 0 Å². The second-order valence-electron chi connectivity index (χ2n) is 9.05. The lowest BCUT2D eigenvalue weighted by Gasteiger charge is -2.19. The Bertz CT molecular complexity index is 1120. The van der Waals surface area contributed by atoms with E-state index >= 15 is 0 Å². The minimum absolute atomic E-state index is 0.405. The van der Waals surface area contributed by atoms with Crippen molar-refractivity contribution < 1.29 is 0 Å². The summed E-state index contributed by atoms with van der Waals surface area (Å²) in [6.45, 7) is 6.85. The number of hydrogen-bond acceptors (Lipinski definition) is 4. The fraction of sp³-hybridized carbons (Fsp3) is 0.385. The Labute approximate surface area is 189 Å². The zero-order chi connectivity index (χ0) is 21.8. The average molecular weight is 429 g/mol. The van der Waals surface area contributed by atoms with E-state index < -0.39 is 0 Å². The molecule has 1 saturated heterocycles. The summed E-state index contributed by atoms with van der Waals surface area (Å²) in [5.41, 5.74) is 5.23. The molecule has 0 radical (unpaired) electrons. The van der Waals surface area contributed by atoms with Crippen molar-refractivity contribution in [2.45, 2.75) is 32.2 Å². The molecule has 3 N–H and O–H groups in total. The van der Waals surface area contributed by atoms with Crippen molar-refractivity contribution in [1.82, 2.24) is 30.4 Å². The van der Waals surface area contributed by atoms with Crippen LogP contribution in [0.15, 0.2) is 61.1 Å². The van der Waals surface area contributed by atoms with E-state index in [0.29, 0.717) is 6.04 Å². The van der Waals surface area contributed by atoms with Crippen LogP contribution < -0.4 is 5.32 Å². The highest BCUT2D eigenvalue weighted by Gasteiger charge is 2.22. The fourth-order valence-corrected chi connectivity index (χ4v) is 4.82. The minimum Gasteiger partial charge on any atom is -0.361 e. The summed E-state index contributed by atoms with van der Waals surface area (Å²) in [4.78, 5) is 10.3. The molecule has 32 heavy (non-hydrogen) atoms. The first-order valence-electron chi connectivity index (χ1n) is 11.7. The first kappa shape index (κ1) is 20.9. The number of rotatable bonds is 9. The third-order valence-electron chi connectivity index (χ3n) is 6.75. The molecule has 1 aliphatic rings. The van der Waals surface area contributed by atoms with Gasteiger partial charge < -0.3 is 15.2 Å². The van der Waals surface area contributed by atoms with Gasteiger partial charge in [0.15, 0.2) is 0 Å². The van der Waals surface area contributed by atoms with Crippen LogP contribution in [0.4, 0.5) is 0 Å². The Balaban J connectivity index is 1.13. The number of H-pyrrole nitrogens is 2. The van der Waals surface area contributed by atoms with Gasteiger partial charge in [0, 0.05) is 42.7 Å². The van der Waals surface area contributed by atoms with Crippen molar-refractivity contribution >= 4 is 10.9 Å². The maximum atomic E-state index is 4.25. The summed E-state index contributed by atoms with van der Waals surface area (Å²) in [6.07, 6.45) is 6.88. The zero-order valence-electron chi connectivity index (χ0n) is 18.7. The van der Waals surface area contributed by atoms with Gasteiger partial charge in [-0.1, -0.05) is 36.4 Å². The summed E-state index contributed by atoms with van der Waals surface area (Å²) in [5.74, 6) is 1.64. The van der Waals surface area contributed by atoms with Crippen LogP contribution in [0.25, 0.3) is 10.9 Å². The van der Waals surface area contributed by atoms with Crippen LogP contribution in [0.5, 0.6) is 0 Å². The van der Waals surface area contributed by atoms with Crippen LogP contribution in [0, 0.1) is 5.92 Å². The highest BCUT2D eigenvalue weighted by atomic mass is 15.2. The third kappa shape index (κ3) is 4.92. The Morgan fingerprint density at radius 2 is 2.09 bits per heavy atom. The van der Waals surface area contributed by atoms with Gasteiger partial charge in [-0.2, -0.15) is 5.10 Å². The summed E-state index contributed by atoms with van der Waals surface area (Å²) in [6, 6.07) is 17.8. The van der Waals surface area contributed by atoms with Crippen molar-refractivity contribution in [3.63, 3.8) is 0 Å². The zero-order valence-corrected chi connectivity index (χ0v) is 18.7. The molecule has 0 unspecified atom stereocenters. The molecular weight excluding hydrogens is 396 g/mol. The molecule has 0 saturated carbocycles. The SMILES string of the molecule is C[C@H](NC[C@@H]1CCN(CCc2c[nH]c3ccc(Cc4ncn[nH]4)cc23)C1)c1ccccc1. The number of fused-ring (bicyclic) bond motifs is 1. The molecule has 166 valence electrons. The summed E-state index contributed by atoms with van der Waals surface area (Å²) >= 11 is 0. The second-order valence-corrected chi connectivity index (χ2v) is 9.05. The van der Waals surface area contributed by atoms with Gasteiger partial charge in [-0.25, -0.2) is 4.98 Å². The summed E-state index contributed by atoms with van der Waals surface area (Å²) < 4.78 is 0. The average Bonchev–Trinajstić information content (AvgIpc) is 3.58. The van der Waals surface area contributed by atoms with E-state index in [2.05, 4.69) is 92.0 Å². The third-order valence-corrected chi connectivity index (χ3v) is 6.75. The summed E-state index contributed by atoms with van der Waals surface area (Å²) in [5, 5.41) is 12.0. The molecule has 3 heterocycles. The van der Waals surface area contributed by atoms with Crippen molar-refractivity contribution in [3.8, 4) is 0 Å². The molecule has 2 aromatic carbocycles. The van der Waals surface area contributed by atoms with E-state index in [4.69, 9.17) is 0 Å². The van der Waals surface area contributed by atoms with Crippen molar-refractivity contribution in [2.75, 3.05) is 26.2 Å². The Hall–Kier alpha value is -2.96. The van der Waals surface area contributed by atoms with Crippen LogP contribution in [-0.4, -0.2) is 51.2 Å². The van der Waals surface area contributed by atoms with E-state index in [-0.39, 0.29) is 0 Å². The van der Waals surface area contributed by atoms with Crippen LogP contribution in [-0.2, 0) is 12.8 Å². The minimum atomic E-state index is 0.405. The molecule has 0 bridgehead atoms. The normalized spacial score (nSPS) is 17.8. The van der Waals surface area contributed by atoms with E-state index in [9.17, 15) is 0 Å². The van der Waals surface area contributed by atoms with Crippen molar-refractivity contribution in [2.24, 2.45) is 5.92 Å². The summed E-state index contributed by atoms with van der Waals surface area (Å²) in [7, 11) is 0. The molecular formula is C26H32N6. The number of hydrogen-bond donors (Lipinski definition) is 3. The Morgan fingerprint density at radius 1 is 1.19 bits per heavy atom. The molecule has 2 atom stereocenters. The number of aromatic nitrogens is 4. The largest absolute Gasteiger partial charge is 0.361 e. The van der Waals surface area contributed by atoms with Gasteiger partial charge in [-0.05, 0) is 67.6 Å². The molecule has 0 amide bonds. The monoisotopic (exact) mass is 428 g/mol. The Kier molecular flexibility index (Phi) is 6.32. The molecule has 1 aliphatic heterocycles. The van der Waals surface area contributed by atoms with Crippen LogP contribution in [0.2, 0.25) is 0 Å². The number of nitrogens with zero attached hydrogens (tertiary/aromatic N) is 3. The first-order valence-corrected chi connectivity index (χ1v) is 11.7. The topological polar surface area (TPSA) is 72.6 Å². The second kappa shape index (κ2) is 9.67. The molecule has 0 spiro atoms. The number of likely N-dealkylation sites (tertiary alicyclic amines) is 1. The maximum Gasteiger partial charge on any atom is 0.137 e. The predicted octanol–water partition coefficient (Wildman–Crippen LogP) is 4.09. The highest BCUT2D eigenvalue weighted by Crippen LogP contribution is 2.23. The van der Waals surface area contributed by atoms with Gasteiger partial charge in [0.05, 0.1) is 0 Å². The van der Waals surface area contributed by atoms with E-state index in [1.807, 2.05) is 0 Å². The predicted molar refractivity (Wildman–Crippen MR) is 129 cm³/mol. The fourth-order valence-electron chi connectivity index (χ4n) is 4.82. The van der Waals surface area contributed by atoms with Gasteiger partial charge in [0.1, 0.15) is 12.2 Å². The van der Waals surface area contributed by atoms with Crippen molar-refractivity contribution in [1.29, 1.82) is 0 Å². The highest BCUT2D eigenvalue weighted by molar-refractivity contribution is 5.84. The van der Waals surface area contributed by atoms with Crippen LogP contribution in [0.3, 0.4) is 0 Å². The van der Waals surface area contributed by atoms with Gasteiger partial charge in [-0.3, -0.25) is 5.10 Å². The van der Waals surface area contributed by atoms with Crippen LogP contribution in [0.1, 0.15) is 41.9 Å². The number of benzene rings is 2. The molecule has 6 heteroatoms. The van der Waals surface area contributed by atoms with Gasteiger partial charge in [0.2, 0.25) is 0 Å². The van der Waals surface area contributed by atoms with Gasteiger partial charge >= 0.3 is 0 Å². The van der Waals surface area contributed by atoms with E-state index in [1.54, 1.807) is 6.33 Å². The van der Waals surface area contributed by atoms with Gasteiger partial charge in [0.25, 0.3) is 0 Å². The standard InChI is InChI=1S/C26H32N6/c1-19(22-5-3-2-4-6-22)27-15-21-9-11-32(17-21)12-10-23-16-28-25-8-7-20(13-24(23)25)14-26-29-18-30-31-26/h2-8,13,16,18-19,21,27-28H,9-12,14-15,17H2,1H3,(H,29,30,31)/t19-,21-/m0/s1. The molecule has 2 aromatic heterocycles. The number of nitrogens with one attached hydrogen (secondary N) is 3. The lowest BCUT2D eigenvalue weighted by molar-refractivity contribution is 0.323. The molecule has 5 rings (SSSR count). The number of aromatic amines is 2. The van der Waals surface area contributed by atoms with E-state index in [0.717, 1.165) is 37.7 Å². The molecule has 6 nitrogen and oxygen atoms in total. The van der Waals surface area contributed by atoms with Gasteiger partial charge in [-0.15, -0.1) is 0 Å². The maximum absolute atomic E-state index is 4.25. The Morgan fingerprint density at radius 3 is 2.94 bits per heavy atom. The van der Waals surface area contributed by atoms with E-state index in [1.165, 1.54) is 47.1 Å². The molecule has 1 fully saturated rings. The quantitative estimate of drug-likeness (QED) is 0.375. The van der Waals surface area contributed by atoms with Crippen molar-refractivity contribution in [3.05, 3.63) is 83.6 Å². The molecule has 4 aromatic rings. The lowest BCUT2D eigenvalue weighted by Crippen LogP contribution is -2.29. The smallest absolute Gasteiger partial charge is 0.137 e. The lowest BCUT2D eigenvalue weighted by atomic mass is 10.0.